The first kappa shape index (κ1) is 26.0. The Hall–Kier alpha value is -1.61. The third-order valence-electron chi connectivity index (χ3n) is 7.95. The Morgan fingerprint density at radius 2 is 1.33 bits per heavy atom. The lowest BCUT2D eigenvalue weighted by atomic mass is 9.48. The maximum absolute atomic E-state index is 11.6. The predicted molar refractivity (Wildman–Crippen MR) is 139 cm³/mol. The molecular weight excluding hydrogens is 406 g/mol. The Morgan fingerprint density at radius 1 is 0.848 bits per heavy atom. The van der Waals surface area contributed by atoms with Gasteiger partial charge in [0.2, 0.25) is 5.91 Å². The van der Waals surface area contributed by atoms with E-state index in [0.717, 1.165) is 55.3 Å². The van der Waals surface area contributed by atoms with Gasteiger partial charge in [-0.15, -0.1) is 0 Å². The molecule has 184 valence electrons. The molecule has 33 heavy (non-hydrogen) atoms. The Kier molecular flexibility index (Phi) is 11.0. The minimum absolute atomic E-state index is 0.00854. The maximum atomic E-state index is 11.6. The smallest absolute Gasteiger partial charge is 0.220 e. The zero-order chi connectivity index (χ0) is 23.4. The molecule has 4 saturated carbocycles. The van der Waals surface area contributed by atoms with Crippen LogP contribution in [0.1, 0.15) is 96.8 Å². The molecule has 0 saturated heterocycles. The van der Waals surface area contributed by atoms with Crippen molar-refractivity contribution in [3.05, 3.63) is 48.6 Å². The van der Waals surface area contributed by atoms with Gasteiger partial charge in [0.05, 0.1) is 6.61 Å². The van der Waals surface area contributed by atoms with Gasteiger partial charge in [-0.1, -0.05) is 48.6 Å². The number of aliphatic hydroxyl groups is 1. The molecule has 4 fully saturated rings. The molecule has 0 spiro atoms. The van der Waals surface area contributed by atoms with E-state index in [9.17, 15) is 4.79 Å². The van der Waals surface area contributed by atoms with Crippen LogP contribution >= 0.6 is 0 Å². The predicted octanol–water partition coefficient (Wildman–Crippen LogP) is 7.05. The van der Waals surface area contributed by atoms with Gasteiger partial charge in [0.15, 0.2) is 0 Å². The van der Waals surface area contributed by atoms with E-state index in [4.69, 9.17) is 5.11 Å². The van der Waals surface area contributed by atoms with Gasteiger partial charge < -0.3 is 10.4 Å². The SMILES string of the molecule is C[C@H](CO)NC(=O)CCC/C=C\C/C=C\C/C=C\C/C=C\CCC12CC3CC(CC(C3)C1)C2. The molecule has 0 unspecified atom stereocenters. The lowest BCUT2D eigenvalue weighted by molar-refractivity contribution is -0.122. The van der Waals surface area contributed by atoms with Crippen LogP contribution in [0.15, 0.2) is 48.6 Å². The fourth-order valence-corrected chi connectivity index (χ4v) is 6.81. The second kappa shape index (κ2) is 13.9. The Balaban J connectivity index is 1.15. The molecule has 4 bridgehead atoms. The van der Waals surface area contributed by atoms with Crippen molar-refractivity contribution in [2.24, 2.45) is 23.2 Å². The Morgan fingerprint density at radius 3 is 1.85 bits per heavy atom. The summed E-state index contributed by atoms with van der Waals surface area (Å²) in [6, 6.07) is -0.153. The molecule has 3 nitrogen and oxygen atoms in total. The molecule has 0 heterocycles. The Bertz CT molecular complexity index is 667. The summed E-state index contributed by atoms with van der Waals surface area (Å²) in [7, 11) is 0. The fraction of sp³-hybridized carbons (Fsp3) is 0.700. The van der Waals surface area contributed by atoms with Crippen molar-refractivity contribution in [3.63, 3.8) is 0 Å². The second-order valence-electron chi connectivity index (χ2n) is 11.1. The van der Waals surface area contributed by atoms with Crippen LogP contribution < -0.4 is 5.32 Å². The van der Waals surface area contributed by atoms with Crippen molar-refractivity contribution in [2.75, 3.05) is 6.61 Å². The van der Waals surface area contributed by atoms with Crippen molar-refractivity contribution in [3.8, 4) is 0 Å². The zero-order valence-electron chi connectivity index (χ0n) is 20.9. The van der Waals surface area contributed by atoms with Gasteiger partial charge >= 0.3 is 0 Å². The van der Waals surface area contributed by atoms with E-state index in [-0.39, 0.29) is 18.6 Å². The number of rotatable bonds is 15. The van der Waals surface area contributed by atoms with E-state index >= 15 is 0 Å². The Labute approximate surface area is 202 Å². The summed E-state index contributed by atoms with van der Waals surface area (Å²) in [4.78, 5) is 11.6. The van der Waals surface area contributed by atoms with Crippen LogP contribution in [0.25, 0.3) is 0 Å². The minimum Gasteiger partial charge on any atom is -0.394 e. The normalized spacial score (nSPS) is 29.8. The second-order valence-corrected chi connectivity index (χ2v) is 11.1. The number of unbranched alkanes of at least 4 members (excludes halogenated alkanes) is 1. The minimum atomic E-state index is -0.153. The quantitative estimate of drug-likeness (QED) is 0.206. The fourth-order valence-electron chi connectivity index (χ4n) is 6.81. The van der Waals surface area contributed by atoms with Crippen LogP contribution in [0.2, 0.25) is 0 Å². The van der Waals surface area contributed by atoms with Crippen molar-refractivity contribution in [1.29, 1.82) is 0 Å². The first-order valence-corrected chi connectivity index (χ1v) is 13.6. The van der Waals surface area contributed by atoms with Crippen LogP contribution in [0, 0.1) is 23.2 Å². The number of amides is 1. The maximum Gasteiger partial charge on any atom is 0.220 e. The highest BCUT2D eigenvalue weighted by Crippen LogP contribution is 2.61. The first-order chi connectivity index (χ1) is 16.1. The first-order valence-electron chi connectivity index (χ1n) is 13.6. The average molecular weight is 454 g/mol. The van der Waals surface area contributed by atoms with Gasteiger partial charge in [0.1, 0.15) is 0 Å². The number of carbonyl (C=O) groups is 1. The van der Waals surface area contributed by atoms with Crippen LogP contribution in [-0.4, -0.2) is 23.7 Å². The number of carbonyl (C=O) groups excluding carboxylic acids is 1. The lowest BCUT2D eigenvalue weighted by Crippen LogP contribution is -2.45. The standard InChI is InChI=1S/C30H47NO2/c1-25(24-32)31-29(33)16-14-12-10-8-6-4-2-3-5-7-9-11-13-15-17-30-21-26-18-27(22-30)20-28(19-26)23-30/h2,4-5,7-8,10-11,13,25-28,32H,3,6,9,12,14-24H2,1H3,(H,31,33)/b4-2-,7-5-,10-8-,13-11-/t25-,26?,27?,28?,30?/m1/s1. The van der Waals surface area contributed by atoms with Gasteiger partial charge in [0.25, 0.3) is 0 Å². The third kappa shape index (κ3) is 9.27. The number of aliphatic hydroxyl groups excluding tert-OH is 1. The molecule has 4 rings (SSSR count). The number of hydrogen-bond donors (Lipinski definition) is 2. The van der Waals surface area contributed by atoms with Crippen molar-refractivity contribution in [1.82, 2.24) is 5.32 Å². The summed E-state index contributed by atoms with van der Waals surface area (Å²) < 4.78 is 0. The van der Waals surface area contributed by atoms with Gasteiger partial charge in [-0.05, 0) is 114 Å². The molecule has 4 aliphatic rings. The molecule has 2 N–H and O–H groups in total. The van der Waals surface area contributed by atoms with E-state index in [1.807, 2.05) is 0 Å². The number of nitrogens with one attached hydrogen (secondary N) is 1. The summed E-state index contributed by atoms with van der Waals surface area (Å²) in [6.07, 6.45) is 35.3. The average Bonchev–Trinajstić information content (AvgIpc) is 2.77. The molecule has 0 aliphatic heterocycles. The molecule has 3 heteroatoms. The molecule has 1 amide bonds. The highest BCUT2D eigenvalue weighted by atomic mass is 16.3. The van der Waals surface area contributed by atoms with E-state index in [2.05, 4.69) is 53.9 Å². The molecular formula is C30H47NO2. The molecule has 0 aromatic rings. The number of hydrogen-bond acceptors (Lipinski definition) is 2. The molecule has 0 aromatic carbocycles. The lowest BCUT2D eigenvalue weighted by Gasteiger charge is -2.57. The summed E-state index contributed by atoms with van der Waals surface area (Å²) in [5, 5.41) is 11.7. The topological polar surface area (TPSA) is 49.3 Å². The summed E-state index contributed by atoms with van der Waals surface area (Å²) in [5.74, 6) is 3.25. The van der Waals surface area contributed by atoms with Crippen molar-refractivity contribution in [2.45, 2.75) is 103 Å². The van der Waals surface area contributed by atoms with Crippen LogP contribution in [-0.2, 0) is 4.79 Å². The molecule has 0 radical (unpaired) electrons. The summed E-state index contributed by atoms with van der Waals surface area (Å²) in [5.41, 5.74) is 0.724. The third-order valence-corrected chi connectivity index (χ3v) is 7.95. The van der Waals surface area contributed by atoms with Crippen LogP contribution in [0.5, 0.6) is 0 Å². The van der Waals surface area contributed by atoms with E-state index in [1.165, 1.54) is 32.1 Å². The van der Waals surface area contributed by atoms with E-state index in [0.29, 0.717) is 6.42 Å². The molecule has 1 atom stereocenters. The van der Waals surface area contributed by atoms with Gasteiger partial charge in [-0.25, -0.2) is 0 Å². The van der Waals surface area contributed by atoms with Crippen molar-refractivity contribution >= 4 is 5.91 Å². The highest BCUT2D eigenvalue weighted by Gasteiger charge is 2.50. The molecule has 0 aromatic heterocycles. The summed E-state index contributed by atoms with van der Waals surface area (Å²) in [6.45, 7) is 1.80. The van der Waals surface area contributed by atoms with Gasteiger partial charge in [-0.3, -0.25) is 4.79 Å². The molecule has 4 aliphatic carbocycles. The van der Waals surface area contributed by atoms with Crippen molar-refractivity contribution < 1.29 is 9.90 Å². The van der Waals surface area contributed by atoms with E-state index < -0.39 is 0 Å². The largest absolute Gasteiger partial charge is 0.394 e. The van der Waals surface area contributed by atoms with E-state index in [1.54, 1.807) is 26.2 Å². The number of allylic oxidation sites excluding steroid dienone is 8. The van der Waals surface area contributed by atoms with Crippen LogP contribution in [0.4, 0.5) is 0 Å². The highest BCUT2D eigenvalue weighted by molar-refractivity contribution is 5.76. The van der Waals surface area contributed by atoms with Gasteiger partial charge in [0, 0.05) is 12.5 Å². The summed E-state index contributed by atoms with van der Waals surface area (Å²) >= 11 is 0. The monoisotopic (exact) mass is 453 g/mol. The van der Waals surface area contributed by atoms with Gasteiger partial charge in [-0.2, -0.15) is 0 Å². The zero-order valence-corrected chi connectivity index (χ0v) is 20.9. The van der Waals surface area contributed by atoms with Crippen LogP contribution in [0.3, 0.4) is 0 Å².